The van der Waals surface area contributed by atoms with Crippen LogP contribution >= 0.6 is 0 Å². The van der Waals surface area contributed by atoms with Crippen LogP contribution in [0.1, 0.15) is 25.3 Å². The standard InChI is InChI=1S/C17H27N3O3/c1-3-10-23-15-5-4-13(11-16(15)22-2)6-9-19-17(21)20-14-7-8-18-12-14/h4-5,11,14,18H,3,6-10,12H2,1-2H3,(H2,19,20,21)/t14-/m1/s1. The van der Waals surface area contributed by atoms with E-state index in [1.54, 1.807) is 7.11 Å². The minimum atomic E-state index is -0.103. The smallest absolute Gasteiger partial charge is 0.315 e. The molecule has 6 nitrogen and oxygen atoms in total. The number of nitrogens with one attached hydrogen (secondary N) is 3. The molecule has 0 unspecified atom stereocenters. The fraction of sp³-hybridized carbons (Fsp3) is 0.588. The predicted molar refractivity (Wildman–Crippen MR) is 90.3 cm³/mol. The van der Waals surface area contributed by atoms with Crippen LogP contribution in [0.15, 0.2) is 18.2 Å². The van der Waals surface area contributed by atoms with Crippen LogP contribution in [-0.2, 0) is 6.42 Å². The first-order chi connectivity index (χ1) is 11.2. The maximum atomic E-state index is 11.8. The Morgan fingerprint density at radius 1 is 1.39 bits per heavy atom. The zero-order valence-corrected chi connectivity index (χ0v) is 14.0. The number of hydrogen-bond donors (Lipinski definition) is 3. The molecule has 1 aliphatic rings. The molecular weight excluding hydrogens is 294 g/mol. The van der Waals surface area contributed by atoms with Gasteiger partial charge >= 0.3 is 6.03 Å². The van der Waals surface area contributed by atoms with Gasteiger partial charge in [-0.05, 0) is 43.5 Å². The van der Waals surface area contributed by atoms with Crippen LogP contribution in [0.3, 0.4) is 0 Å². The molecule has 128 valence electrons. The molecule has 2 rings (SSSR count). The van der Waals surface area contributed by atoms with E-state index in [-0.39, 0.29) is 12.1 Å². The summed E-state index contributed by atoms with van der Waals surface area (Å²) in [6.07, 6.45) is 2.70. The van der Waals surface area contributed by atoms with Gasteiger partial charge in [-0.15, -0.1) is 0 Å². The van der Waals surface area contributed by atoms with E-state index in [0.29, 0.717) is 13.2 Å². The van der Waals surface area contributed by atoms with E-state index in [1.807, 2.05) is 18.2 Å². The SMILES string of the molecule is CCCOc1ccc(CCNC(=O)N[C@@H]2CCNC2)cc1OC. The van der Waals surface area contributed by atoms with Gasteiger partial charge in [0, 0.05) is 19.1 Å². The highest BCUT2D eigenvalue weighted by atomic mass is 16.5. The molecule has 0 aromatic heterocycles. The number of rotatable bonds is 8. The fourth-order valence-electron chi connectivity index (χ4n) is 2.53. The van der Waals surface area contributed by atoms with Gasteiger partial charge in [-0.2, -0.15) is 0 Å². The lowest BCUT2D eigenvalue weighted by Gasteiger charge is -2.13. The topological polar surface area (TPSA) is 71.6 Å². The molecular formula is C17H27N3O3. The van der Waals surface area contributed by atoms with Gasteiger partial charge in [0.05, 0.1) is 13.7 Å². The molecule has 0 radical (unpaired) electrons. The van der Waals surface area contributed by atoms with Gasteiger partial charge in [0.2, 0.25) is 0 Å². The van der Waals surface area contributed by atoms with E-state index < -0.39 is 0 Å². The molecule has 1 saturated heterocycles. The summed E-state index contributed by atoms with van der Waals surface area (Å²) in [6.45, 7) is 5.15. The molecule has 6 heteroatoms. The Bertz CT molecular complexity index is 502. The quantitative estimate of drug-likeness (QED) is 0.681. The van der Waals surface area contributed by atoms with E-state index in [1.165, 1.54) is 0 Å². The molecule has 1 fully saturated rings. The molecule has 0 saturated carbocycles. The van der Waals surface area contributed by atoms with Crippen LogP contribution < -0.4 is 25.4 Å². The molecule has 1 aliphatic heterocycles. The summed E-state index contributed by atoms with van der Waals surface area (Å²) >= 11 is 0. The Kier molecular flexibility index (Phi) is 7.00. The van der Waals surface area contributed by atoms with Crippen LogP contribution in [-0.4, -0.2) is 45.4 Å². The van der Waals surface area contributed by atoms with Crippen molar-refractivity contribution in [3.63, 3.8) is 0 Å². The predicted octanol–water partition coefficient (Wildman–Crippen LogP) is 1.69. The summed E-state index contributed by atoms with van der Waals surface area (Å²) in [5.41, 5.74) is 1.11. The fourth-order valence-corrected chi connectivity index (χ4v) is 2.53. The molecule has 0 bridgehead atoms. The van der Waals surface area contributed by atoms with E-state index in [2.05, 4.69) is 22.9 Å². The summed E-state index contributed by atoms with van der Waals surface area (Å²) in [6, 6.07) is 6.03. The van der Waals surface area contributed by atoms with Crippen LogP contribution in [0, 0.1) is 0 Å². The number of methoxy groups -OCH3 is 1. The summed E-state index contributed by atoms with van der Waals surface area (Å²) in [7, 11) is 1.64. The maximum Gasteiger partial charge on any atom is 0.315 e. The molecule has 3 N–H and O–H groups in total. The minimum absolute atomic E-state index is 0.103. The summed E-state index contributed by atoms with van der Waals surface area (Å²) in [5.74, 6) is 1.50. The number of carbonyl (C=O) groups excluding carboxylic acids is 1. The van der Waals surface area contributed by atoms with Crippen molar-refractivity contribution in [3.05, 3.63) is 23.8 Å². The number of amides is 2. The Balaban J connectivity index is 1.77. The van der Waals surface area contributed by atoms with E-state index in [0.717, 1.165) is 49.4 Å². The lowest BCUT2D eigenvalue weighted by atomic mass is 10.1. The highest BCUT2D eigenvalue weighted by Gasteiger charge is 2.16. The van der Waals surface area contributed by atoms with Gasteiger partial charge in [0.25, 0.3) is 0 Å². The molecule has 1 heterocycles. The molecule has 23 heavy (non-hydrogen) atoms. The van der Waals surface area contributed by atoms with Gasteiger partial charge < -0.3 is 25.4 Å². The zero-order chi connectivity index (χ0) is 16.5. The summed E-state index contributed by atoms with van der Waals surface area (Å²) < 4.78 is 11.0. The Morgan fingerprint density at radius 2 is 2.26 bits per heavy atom. The van der Waals surface area contributed by atoms with E-state index in [4.69, 9.17) is 9.47 Å². The average molecular weight is 321 g/mol. The van der Waals surface area contributed by atoms with Crippen molar-refractivity contribution >= 4 is 6.03 Å². The molecule has 0 aliphatic carbocycles. The van der Waals surface area contributed by atoms with Crippen molar-refractivity contribution in [2.45, 2.75) is 32.2 Å². The van der Waals surface area contributed by atoms with Crippen LogP contribution in [0.5, 0.6) is 11.5 Å². The monoisotopic (exact) mass is 321 g/mol. The minimum Gasteiger partial charge on any atom is -0.493 e. The number of hydrogen-bond acceptors (Lipinski definition) is 4. The lowest BCUT2D eigenvalue weighted by Crippen LogP contribution is -2.43. The van der Waals surface area contributed by atoms with Crippen LogP contribution in [0.25, 0.3) is 0 Å². The molecule has 1 aromatic rings. The first-order valence-corrected chi connectivity index (χ1v) is 8.27. The van der Waals surface area contributed by atoms with E-state index in [9.17, 15) is 4.79 Å². The largest absolute Gasteiger partial charge is 0.493 e. The summed E-state index contributed by atoms with van der Waals surface area (Å²) in [4.78, 5) is 11.8. The molecule has 1 atom stereocenters. The van der Waals surface area contributed by atoms with Gasteiger partial charge in [-0.3, -0.25) is 0 Å². The Hall–Kier alpha value is -1.95. The third-order valence-corrected chi connectivity index (χ3v) is 3.78. The first kappa shape index (κ1) is 17.4. The lowest BCUT2D eigenvalue weighted by molar-refractivity contribution is 0.238. The number of ether oxygens (including phenoxy) is 2. The van der Waals surface area contributed by atoms with E-state index >= 15 is 0 Å². The third kappa shape index (κ3) is 5.63. The number of carbonyl (C=O) groups is 1. The number of benzene rings is 1. The molecule has 1 aromatic carbocycles. The second-order valence-corrected chi connectivity index (χ2v) is 5.67. The molecule has 2 amide bonds. The highest BCUT2D eigenvalue weighted by molar-refractivity contribution is 5.74. The third-order valence-electron chi connectivity index (χ3n) is 3.78. The van der Waals surface area contributed by atoms with Crippen LogP contribution in [0.2, 0.25) is 0 Å². The van der Waals surface area contributed by atoms with Gasteiger partial charge in [-0.1, -0.05) is 13.0 Å². The Morgan fingerprint density at radius 3 is 2.96 bits per heavy atom. The van der Waals surface area contributed by atoms with Crippen molar-refractivity contribution in [1.29, 1.82) is 0 Å². The first-order valence-electron chi connectivity index (χ1n) is 8.27. The van der Waals surface area contributed by atoms with Gasteiger partial charge in [0.1, 0.15) is 0 Å². The second kappa shape index (κ2) is 9.25. The van der Waals surface area contributed by atoms with Crippen molar-refractivity contribution in [2.24, 2.45) is 0 Å². The van der Waals surface area contributed by atoms with Gasteiger partial charge in [-0.25, -0.2) is 4.79 Å². The average Bonchev–Trinajstić information content (AvgIpc) is 3.06. The second-order valence-electron chi connectivity index (χ2n) is 5.67. The van der Waals surface area contributed by atoms with Gasteiger partial charge in [0.15, 0.2) is 11.5 Å². The molecule has 0 spiro atoms. The highest BCUT2D eigenvalue weighted by Crippen LogP contribution is 2.28. The summed E-state index contributed by atoms with van der Waals surface area (Å²) in [5, 5.41) is 9.08. The van der Waals surface area contributed by atoms with Crippen molar-refractivity contribution in [2.75, 3.05) is 33.4 Å². The van der Waals surface area contributed by atoms with Crippen molar-refractivity contribution in [3.8, 4) is 11.5 Å². The van der Waals surface area contributed by atoms with Crippen LogP contribution in [0.4, 0.5) is 4.79 Å². The number of urea groups is 1. The zero-order valence-electron chi connectivity index (χ0n) is 14.0. The Labute approximate surface area is 137 Å². The van der Waals surface area contributed by atoms with Crippen molar-refractivity contribution in [1.82, 2.24) is 16.0 Å². The van der Waals surface area contributed by atoms with Crippen molar-refractivity contribution < 1.29 is 14.3 Å². The maximum absolute atomic E-state index is 11.8. The normalized spacial score (nSPS) is 16.9.